The lowest BCUT2D eigenvalue weighted by Crippen LogP contribution is -2.00. The Hall–Kier alpha value is -3.72. The lowest BCUT2D eigenvalue weighted by molar-refractivity contribution is 0.311. The first-order valence-corrected chi connectivity index (χ1v) is 8.77. The standard InChI is InChI=1S/C22H21N3O3/c1-4-28-20-9-8-14(11-21(20)27-3)17-12-19(25-22(24)18(17)13-23)15-6-5-7-16(10-15)26-2/h5-12H,4H2,1-3H3,(H2,24,25). The molecule has 0 saturated heterocycles. The van der Waals surface area contributed by atoms with Gasteiger partial charge in [0.2, 0.25) is 0 Å². The Bertz CT molecular complexity index is 1040. The monoisotopic (exact) mass is 375 g/mol. The quantitative estimate of drug-likeness (QED) is 0.691. The van der Waals surface area contributed by atoms with E-state index in [4.69, 9.17) is 19.9 Å². The number of rotatable bonds is 6. The van der Waals surface area contributed by atoms with E-state index in [1.807, 2.05) is 55.5 Å². The predicted molar refractivity (Wildman–Crippen MR) is 109 cm³/mol. The summed E-state index contributed by atoms with van der Waals surface area (Å²) >= 11 is 0. The number of hydrogen-bond acceptors (Lipinski definition) is 6. The van der Waals surface area contributed by atoms with Crippen molar-refractivity contribution in [3.05, 3.63) is 54.1 Å². The molecule has 3 rings (SSSR count). The van der Waals surface area contributed by atoms with Gasteiger partial charge in [-0.05, 0) is 42.8 Å². The molecule has 142 valence electrons. The Morgan fingerprint density at radius 3 is 2.50 bits per heavy atom. The van der Waals surface area contributed by atoms with Gasteiger partial charge in [0.1, 0.15) is 23.2 Å². The van der Waals surface area contributed by atoms with Crippen LogP contribution in [-0.2, 0) is 0 Å². The first-order valence-electron chi connectivity index (χ1n) is 8.77. The highest BCUT2D eigenvalue weighted by molar-refractivity contribution is 5.81. The number of aromatic nitrogens is 1. The molecular weight excluding hydrogens is 354 g/mol. The molecule has 0 fully saturated rings. The maximum Gasteiger partial charge on any atom is 0.161 e. The molecule has 0 aliphatic heterocycles. The second-order valence-electron chi connectivity index (χ2n) is 5.96. The molecule has 0 bridgehead atoms. The molecule has 1 heterocycles. The Morgan fingerprint density at radius 1 is 1.00 bits per heavy atom. The smallest absolute Gasteiger partial charge is 0.161 e. The number of benzene rings is 2. The summed E-state index contributed by atoms with van der Waals surface area (Å²) in [5.74, 6) is 2.11. The number of ether oxygens (including phenoxy) is 3. The molecule has 0 aliphatic carbocycles. The number of nitrogen functional groups attached to an aromatic ring is 1. The van der Waals surface area contributed by atoms with E-state index in [1.54, 1.807) is 14.2 Å². The van der Waals surface area contributed by atoms with Gasteiger partial charge in [0.05, 0.1) is 26.5 Å². The fourth-order valence-corrected chi connectivity index (χ4v) is 2.95. The van der Waals surface area contributed by atoms with Crippen molar-refractivity contribution in [2.75, 3.05) is 26.6 Å². The largest absolute Gasteiger partial charge is 0.497 e. The highest BCUT2D eigenvalue weighted by atomic mass is 16.5. The lowest BCUT2D eigenvalue weighted by Gasteiger charge is -2.14. The first-order chi connectivity index (χ1) is 13.6. The van der Waals surface area contributed by atoms with Crippen molar-refractivity contribution in [3.63, 3.8) is 0 Å². The molecule has 3 aromatic rings. The number of anilines is 1. The van der Waals surface area contributed by atoms with Crippen molar-refractivity contribution in [1.29, 1.82) is 5.26 Å². The summed E-state index contributed by atoms with van der Waals surface area (Å²) < 4.78 is 16.3. The second-order valence-corrected chi connectivity index (χ2v) is 5.96. The molecule has 0 amide bonds. The number of nitriles is 1. The fourth-order valence-electron chi connectivity index (χ4n) is 2.95. The third-order valence-corrected chi connectivity index (χ3v) is 4.30. The van der Waals surface area contributed by atoms with E-state index in [2.05, 4.69) is 11.1 Å². The van der Waals surface area contributed by atoms with Crippen LogP contribution in [0.15, 0.2) is 48.5 Å². The van der Waals surface area contributed by atoms with Crippen LogP contribution in [0.5, 0.6) is 17.2 Å². The number of hydrogen-bond donors (Lipinski definition) is 1. The number of nitrogens with zero attached hydrogens (tertiary/aromatic N) is 2. The highest BCUT2D eigenvalue weighted by Crippen LogP contribution is 2.37. The number of methoxy groups -OCH3 is 2. The zero-order chi connectivity index (χ0) is 20.1. The Balaban J connectivity index is 2.17. The third kappa shape index (κ3) is 3.69. The Morgan fingerprint density at radius 2 is 1.82 bits per heavy atom. The molecule has 0 radical (unpaired) electrons. The first kappa shape index (κ1) is 19.1. The van der Waals surface area contributed by atoms with Crippen LogP contribution in [-0.4, -0.2) is 25.8 Å². The molecular formula is C22H21N3O3. The summed E-state index contributed by atoms with van der Waals surface area (Å²) in [6, 6.07) is 17.0. The van der Waals surface area contributed by atoms with Gasteiger partial charge in [0.25, 0.3) is 0 Å². The van der Waals surface area contributed by atoms with E-state index < -0.39 is 0 Å². The van der Waals surface area contributed by atoms with Crippen LogP contribution in [0.4, 0.5) is 5.82 Å². The van der Waals surface area contributed by atoms with Crippen LogP contribution in [0.1, 0.15) is 12.5 Å². The molecule has 6 nitrogen and oxygen atoms in total. The summed E-state index contributed by atoms with van der Waals surface area (Å²) in [5, 5.41) is 9.62. The van der Waals surface area contributed by atoms with E-state index in [-0.39, 0.29) is 5.82 Å². The minimum absolute atomic E-state index is 0.172. The van der Waals surface area contributed by atoms with Gasteiger partial charge in [-0.2, -0.15) is 5.26 Å². The van der Waals surface area contributed by atoms with E-state index in [9.17, 15) is 5.26 Å². The van der Waals surface area contributed by atoms with Crippen LogP contribution in [0.25, 0.3) is 22.4 Å². The Kier molecular flexibility index (Phi) is 5.66. The van der Waals surface area contributed by atoms with E-state index in [0.717, 1.165) is 11.1 Å². The highest BCUT2D eigenvalue weighted by Gasteiger charge is 2.16. The zero-order valence-corrected chi connectivity index (χ0v) is 16.0. The summed E-state index contributed by atoms with van der Waals surface area (Å²) in [6.07, 6.45) is 0. The van der Waals surface area contributed by atoms with Crippen LogP contribution >= 0.6 is 0 Å². The normalized spacial score (nSPS) is 10.2. The van der Waals surface area contributed by atoms with Crippen molar-refractivity contribution in [2.24, 2.45) is 0 Å². The molecule has 0 spiro atoms. The van der Waals surface area contributed by atoms with Gasteiger partial charge in [-0.1, -0.05) is 18.2 Å². The van der Waals surface area contributed by atoms with Crippen molar-refractivity contribution >= 4 is 5.82 Å². The second kappa shape index (κ2) is 8.31. The molecule has 2 N–H and O–H groups in total. The van der Waals surface area contributed by atoms with Crippen molar-refractivity contribution in [3.8, 4) is 45.7 Å². The fraction of sp³-hybridized carbons (Fsp3) is 0.182. The topological polar surface area (TPSA) is 90.4 Å². The Labute approximate surface area is 164 Å². The van der Waals surface area contributed by atoms with Crippen LogP contribution in [0, 0.1) is 11.3 Å². The van der Waals surface area contributed by atoms with Crippen molar-refractivity contribution in [1.82, 2.24) is 4.98 Å². The molecule has 0 saturated carbocycles. The zero-order valence-electron chi connectivity index (χ0n) is 16.0. The van der Waals surface area contributed by atoms with Crippen LogP contribution in [0.3, 0.4) is 0 Å². The average molecular weight is 375 g/mol. The van der Waals surface area contributed by atoms with E-state index >= 15 is 0 Å². The summed E-state index contributed by atoms with van der Waals surface area (Å²) in [4.78, 5) is 4.41. The van der Waals surface area contributed by atoms with Crippen molar-refractivity contribution < 1.29 is 14.2 Å². The summed E-state index contributed by atoms with van der Waals surface area (Å²) in [6.45, 7) is 2.44. The molecule has 1 aromatic heterocycles. The van der Waals surface area contributed by atoms with Crippen molar-refractivity contribution in [2.45, 2.75) is 6.92 Å². The lowest BCUT2D eigenvalue weighted by atomic mass is 9.98. The van der Waals surface area contributed by atoms with Gasteiger partial charge in [-0.25, -0.2) is 4.98 Å². The minimum Gasteiger partial charge on any atom is -0.497 e. The van der Waals surface area contributed by atoms with Crippen LogP contribution in [0.2, 0.25) is 0 Å². The van der Waals surface area contributed by atoms with Gasteiger partial charge in [0.15, 0.2) is 11.5 Å². The van der Waals surface area contributed by atoms with E-state index in [1.165, 1.54) is 0 Å². The average Bonchev–Trinajstić information content (AvgIpc) is 2.73. The molecule has 28 heavy (non-hydrogen) atoms. The van der Waals surface area contributed by atoms with Gasteiger partial charge in [0, 0.05) is 11.1 Å². The van der Waals surface area contributed by atoms with Gasteiger partial charge in [-0.15, -0.1) is 0 Å². The SMILES string of the molecule is CCOc1ccc(-c2cc(-c3cccc(OC)c3)nc(N)c2C#N)cc1OC. The molecule has 0 aliphatic rings. The summed E-state index contributed by atoms with van der Waals surface area (Å²) in [5.41, 5.74) is 9.38. The van der Waals surface area contributed by atoms with Gasteiger partial charge in [-0.3, -0.25) is 0 Å². The summed E-state index contributed by atoms with van der Waals surface area (Å²) in [7, 11) is 3.19. The van der Waals surface area contributed by atoms with Crippen LogP contribution < -0.4 is 19.9 Å². The molecule has 0 atom stereocenters. The maximum absolute atomic E-state index is 9.62. The molecule has 2 aromatic carbocycles. The van der Waals surface area contributed by atoms with Gasteiger partial charge < -0.3 is 19.9 Å². The van der Waals surface area contributed by atoms with Gasteiger partial charge >= 0.3 is 0 Å². The predicted octanol–water partition coefficient (Wildman–Crippen LogP) is 4.29. The number of pyridine rings is 1. The van der Waals surface area contributed by atoms with E-state index in [0.29, 0.717) is 40.7 Å². The molecule has 0 unspecified atom stereocenters. The number of nitrogens with two attached hydrogens (primary N) is 1. The maximum atomic E-state index is 9.62. The molecule has 6 heteroatoms. The third-order valence-electron chi connectivity index (χ3n) is 4.30. The minimum atomic E-state index is 0.172.